The molecule has 1 fully saturated rings. The molecule has 88 valence electrons. The molecule has 0 amide bonds. The predicted octanol–water partition coefficient (Wildman–Crippen LogP) is 2.23. The SMILES string of the molecule is ONCc1cc(F)cc(F)c1OCC1CC1. The Morgan fingerprint density at radius 1 is 1.38 bits per heavy atom. The molecule has 16 heavy (non-hydrogen) atoms. The zero-order valence-corrected chi connectivity index (χ0v) is 8.67. The first kappa shape index (κ1) is 11.3. The molecule has 0 bridgehead atoms. The summed E-state index contributed by atoms with van der Waals surface area (Å²) in [6, 6.07) is 1.93. The Morgan fingerprint density at radius 2 is 2.12 bits per heavy atom. The van der Waals surface area contributed by atoms with Gasteiger partial charge in [0, 0.05) is 18.2 Å². The van der Waals surface area contributed by atoms with Gasteiger partial charge in [-0.3, -0.25) is 0 Å². The highest BCUT2D eigenvalue weighted by atomic mass is 19.1. The zero-order valence-electron chi connectivity index (χ0n) is 8.67. The van der Waals surface area contributed by atoms with Crippen molar-refractivity contribution in [3.8, 4) is 5.75 Å². The fourth-order valence-electron chi connectivity index (χ4n) is 1.48. The maximum atomic E-state index is 13.4. The van der Waals surface area contributed by atoms with Gasteiger partial charge < -0.3 is 9.94 Å². The summed E-state index contributed by atoms with van der Waals surface area (Å²) < 4.78 is 31.7. The summed E-state index contributed by atoms with van der Waals surface area (Å²) in [5, 5.41) is 8.57. The van der Waals surface area contributed by atoms with Gasteiger partial charge in [-0.15, -0.1) is 0 Å². The minimum atomic E-state index is -0.731. The molecule has 0 atom stereocenters. The molecule has 0 saturated heterocycles. The van der Waals surface area contributed by atoms with E-state index in [1.807, 2.05) is 5.48 Å². The average molecular weight is 229 g/mol. The summed E-state index contributed by atoms with van der Waals surface area (Å²) in [5.74, 6) is -0.901. The van der Waals surface area contributed by atoms with Crippen LogP contribution in [0.3, 0.4) is 0 Å². The zero-order chi connectivity index (χ0) is 11.5. The molecule has 1 saturated carbocycles. The first-order valence-electron chi connectivity index (χ1n) is 5.18. The summed E-state index contributed by atoms with van der Waals surface area (Å²) in [7, 11) is 0. The van der Waals surface area contributed by atoms with Crippen molar-refractivity contribution in [2.24, 2.45) is 5.92 Å². The molecule has 0 heterocycles. The highest BCUT2D eigenvalue weighted by molar-refractivity contribution is 5.35. The summed E-state index contributed by atoms with van der Waals surface area (Å²) >= 11 is 0. The van der Waals surface area contributed by atoms with Crippen molar-refractivity contribution in [1.29, 1.82) is 0 Å². The topological polar surface area (TPSA) is 41.5 Å². The van der Waals surface area contributed by atoms with Crippen molar-refractivity contribution < 1.29 is 18.7 Å². The Morgan fingerprint density at radius 3 is 2.75 bits per heavy atom. The van der Waals surface area contributed by atoms with Crippen molar-refractivity contribution in [2.75, 3.05) is 6.61 Å². The third-order valence-corrected chi connectivity index (χ3v) is 2.52. The number of rotatable bonds is 5. The number of nitrogens with one attached hydrogen (secondary N) is 1. The van der Waals surface area contributed by atoms with E-state index in [1.165, 1.54) is 0 Å². The molecule has 0 radical (unpaired) electrons. The fourth-order valence-corrected chi connectivity index (χ4v) is 1.48. The van der Waals surface area contributed by atoms with Crippen LogP contribution < -0.4 is 10.2 Å². The average Bonchev–Trinajstić information content (AvgIpc) is 3.00. The maximum Gasteiger partial charge on any atom is 0.168 e. The fraction of sp³-hybridized carbons (Fsp3) is 0.455. The van der Waals surface area contributed by atoms with Crippen molar-refractivity contribution >= 4 is 0 Å². The summed E-state index contributed by atoms with van der Waals surface area (Å²) in [5.41, 5.74) is 2.15. The van der Waals surface area contributed by atoms with Crippen molar-refractivity contribution in [2.45, 2.75) is 19.4 Å². The lowest BCUT2D eigenvalue weighted by molar-refractivity contribution is 0.158. The lowest BCUT2D eigenvalue weighted by Crippen LogP contribution is -2.11. The third kappa shape index (κ3) is 2.68. The van der Waals surface area contributed by atoms with Crippen LogP contribution in [0.5, 0.6) is 5.75 Å². The van der Waals surface area contributed by atoms with Crippen LogP contribution in [-0.2, 0) is 6.54 Å². The normalized spacial score (nSPS) is 15.2. The number of hydrogen-bond donors (Lipinski definition) is 2. The Hall–Kier alpha value is -1.20. The number of hydroxylamine groups is 1. The van der Waals surface area contributed by atoms with Gasteiger partial charge in [-0.1, -0.05) is 0 Å². The van der Waals surface area contributed by atoms with E-state index < -0.39 is 11.6 Å². The molecule has 1 aliphatic rings. The van der Waals surface area contributed by atoms with Crippen molar-refractivity contribution in [3.63, 3.8) is 0 Å². The van der Waals surface area contributed by atoms with Gasteiger partial charge in [-0.05, 0) is 24.8 Å². The molecule has 5 heteroatoms. The smallest absolute Gasteiger partial charge is 0.168 e. The maximum absolute atomic E-state index is 13.4. The molecule has 1 aliphatic carbocycles. The van der Waals surface area contributed by atoms with E-state index in [0.29, 0.717) is 12.5 Å². The Balaban J connectivity index is 2.16. The predicted molar refractivity (Wildman–Crippen MR) is 53.2 cm³/mol. The molecule has 0 spiro atoms. The van der Waals surface area contributed by atoms with E-state index in [-0.39, 0.29) is 17.9 Å². The molecule has 2 N–H and O–H groups in total. The minimum absolute atomic E-state index is 0.0230. The van der Waals surface area contributed by atoms with Crippen LogP contribution in [-0.4, -0.2) is 11.8 Å². The molecule has 3 nitrogen and oxygen atoms in total. The van der Waals surface area contributed by atoms with Crippen LogP contribution in [0.2, 0.25) is 0 Å². The highest BCUT2D eigenvalue weighted by Crippen LogP contribution is 2.31. The standard InChI is InChI=1S/C11H13F2NO2/c12-9-3-8(5-14-15)11(10(13)4-9)16-6-7-1-2-7/h3-4,7,14-15H,1-2,5-6H2. The van der Waals surface area contributed by atoms with E-state index >= 15 is 0 Å². The lowest BCUT2D eigenvalue weighted by Gasteiger charge is -2.11. The number of halogens is 2. The molecule has 0 aliphatic heterocycles. The second-order valence-electron chi connectivity index (χ2n) is 3.97. The molecule has 1 aromatic carbocycles. The van der Waals surface area contributed by atoms with Gasteiger partial charge in [0.25, 0.3) is 0 Å². The largest absolute Gasteiger partial charge is 0.490 e. The molecule has 0 aromatic heterocycles. The van der Waals surface area contributed by atoms with Crippen molar-refractivity contribution in [1.82, 2.24) is 5.48 Å². The van der Waals surface area contributed by atoms with Crippen LogP contribution in [0.15, 0.2) is 12.1 Å². The van der Waals surface area contributed by atoms with Crippen LogP contribution >= 0.6 is 0 Å². The van der Waals surface area contributed by atoms with Crippen LogP contribution in [0.1, 0.15) is 18.4 Å². The van der Waals surface area contributed by atoms with E-state index in [4.69, 9.17) is 9.94 Å². The Bertz CT molecular complexity index is 380. The Labute approximate surface area is 92.0 Å². The van der Waals surface area contributed by atoms with Crippen molar-refractivity contribution in [3.05, 3.63) is 29.3 Å². The van der Waals surface area contributed by atoms with Crippen LogP contribution in [0, 0.1) is 17.6 Å². The minimum Gasteiger partial charge on any atom is -0.490 e. The summed E-state index contributed by atoms with van der Waals surface area (Å²) in [4.78, 5) is 0. The first-order chi connectivity index (χ1) is 7.70. The van der Waals surface area contributed by atoms with Gasteiger partial charge in [-0.25, -0.2) is 14.3 Å². The second kappa shape index (κ2) is 4.76. The molecule has 1 aromatic rings. The Kier molecular flexibility index (Phi) is 3.36. The molecular formula is C11H13F2NO2. The van der Waals surface area contributed by atoms with Gasteiger partial charge >= 0.3 is 0 Å². The van der Waals surface area contributed by atoms with Gasteiger partial charge in [0.05, 0.1) is 6.61 Å². The second-order valence-corrected chi connectivity index (χ2v) is 3.97. The third-order valence-electron chi connectivity index (χ3n) is 2.52. The molecular weight excluding hydrogens is 216 g/mol. The lowest BCUT2D eigenvalue weighted by atomic mass is 10.2. The molecule has 2 rings (SSSR count). The molecule has 0 unspecified atom stereocenters. The van der Waals surface area contributed by atoms with Gasteiger partial charge in [0.15, 0.2) is 11.6 Å². The monoisotopic (exact) mass is 229 g/mol. The van der Waals surface area contributed by atoms with Crippen LogP contribution in [0.4, 0.5) is 8.78 Å². The van der Waals surface area contributed by atoms with Crippen LogP contribution in [0.25, 0.3) is 0 Å². The number of ether oxygens (including phenoxy) is 1. The van der Waals surface area contributed by atoms with E-state index in [2.05, 4.69) is 0 Å². The summed E-state index contributed by atoms with van der Waals surface area (Å²) in [6.45, 7) is 0.398. The highest BCUT2D eigenvalue weighted by Gasteiger charge is 2.23. The van der Waals surface area contributed by atoms with E-state index in [1.54, 1.807) is 0 Å². The number of hydrogen-bond acceptors (Lipinski definition) is 3. The number of benzene rings is 1. The van der Waals surface area contributed by atoms with Gasteiger partial charge in [-0.2, -0.15) is 0 Å². The first-order valence-corrected chi connectivity index (χ1v) is 5.18. The van der Waals surface area contributed by atoms with E-state index in [9.17, 15) is 8.78 Å². The van der Waals surface area contributed by atoms with E-state index in [0.717, 1.165) is 25.0 Å². The van der Waals surface area contributed by atoms with Gasteiger partial charge in [0.1, 0.15) is 5.82 Å². The summed E-state index contributed by atoms with van der Waals surface area (Å²) in [6.07, 6.45) is 2.19. The van der Waals surface area contributed by atoms with Gasteiger partial charge in [0.2, 0.25) is 0 Å². The quantitative estimate of drug-likeness (QED) is 0.761.